The first-order valence-corrected chi connectivity index (χ1v) is 11.2. The van der Waals surface area contributed by atoms with Gasteiger partial charge in [-0.3, -0.25) is 9.69 Å². The molecular weight excluding hydrogens is 422 g/mol. The molecule has 0 saturated carbocycles. The van der Waals surface area contributed by atoms with Crippen LogP contribution >= 0.6 is 11.6 Å². The van der Waals surface area contributed by atoms with Crippen molar-refractivity contribution < 1.29 is 9.21 Å². The summed E-state index contributed by atoms with van der Waals surface area (Å²) in [7, 11) is 0. The molecule has 5 nitrogen and oxygen atoms in total. The number of furan rings is 1. The lowest BCUT2D eigenvalue weighted by atomic mass is 10.1. The van der Waals surface area contributed by atoms with E-state index in [1.807, 2.05) is 30.3 Å². The number of para-hydroxylation sites is 1. The highest BCUT2D eigenvalue weighted by atomic mass is 35.5. The molecule has 0 unspecified atom stereocenters. The second-order valence-corrected chi connectivity index (χ2v) is 8.46. The van der Waals surface area contributed by atoms with E-state index in [0.29, 0.717) is 16.3 Å². The number of nitrogens with one attached hydrogen (secondary N) is 2. The van der Waals surface area contributed by atoms with E-state index in [0.717, 1.165) is 55.0 Å². The third-order valence-corrected chi connectivity index (χ3v) is 5.96. The fraction of sp³-hybridized carbons (Fsp3) is 0.192. The monoisotopic (exact) mass is 445 g/mol. The van der Waals surface area contributed by atoms with Crippen molar-refractivity contribution in [3.05, 3.63) is 88.9 Å². The molecule has 4 aromatic rings. The molecule has 0 atom stereocenters. The molecule has 0 bridgehead atoms. The van der Waals surface area contributed by atoms with Gasteiger partial charge in [0, 0.05) is 54.3 Å². The van der Waals surface area contributed by atoms with Crippen LogP contribution in [0.5, 0.6) is 0 Å². The summed E-state index contributed by atoms with van der Waals surface area (Å²) >= 11 is 6.04. The van der Waals surface area contributed by atoms with Crippen LogP contribution in [0, 0.1) is 0 Å². The summed E-state index contributed by atoms with van der Waals surface area (Å²) in [5.41, 5.74) is 4.13. The summed E-state index contributed by atoms with van der Waals surface area (Å²) in [5, 5.41) is 7.95. The minimum Gasteiger partial charge on any atom is -0.456 e. The number of hydrogen-bond donors (Lipinski definition) is 2. The Morgan fingerprint density at radius 1 is 1.00 bits per heavy atom. The van der Waals surface area contributed by atoms with E-state index in [1.54, 1.807) is 24.3 Å². The van der Waals surface area contributed by atoms with Gasteiger partial charge in [0.15, 0.2) is 0 Å². The molecule has 0 radical (unpaired) electrons. The van der Waals surface area contributed by atoms with E-state index < -0.39 is 0 Å². The van der Waals surface area contributed by atoms with Gasteiger partial charge in [-0.15, -0.1) is 0 Å². The lowest BCUT2D eigenvalue weighted by molar-refractivity contribution is 0.102. The predicted octanol–water partition coefficient (Wildman–Crippen LogP) is 5.41. The molecule has 2 N–H and O–H groups in total. The lowest BCUT2D eigenvalue weighted by Gasteiger charge is -2.27. The van der Waals surface area contributed by atoms with Gasteiger partial charge in [-0.05, 0) is 48.0 Å². The van der Waals surface area contributed by atoms with Gasteiger partial charge in [-0.1, -0.05) is 41.9 Å². The minimum atomic E-state index is -0.214. The maximum atomic E-state index is 12.7. The van der Waals surface area contributed by atoms with E-state index in [-0.39, 0.29) is 5.91 Å². The molecule has 32 heavy (non-hydrogen) atoms. The Balaban J connectivity index is 1.40. The van der Waals surface area contributed by atoms with E-state index in [4.69, 9.17) is 16.0 Å². The third-order valence-electron chi connectivity index (χ3n) is 5.73. The van der Waals surface area contributed by atoms with Crippen LogP contribution in [0.4, 0.5) is 5.69 Å². The number of amides is 1. The van der Waals surface area contributed by atoms with Gasteiger partial charge in [0.2, 0.25) is 0 Å². The highest BCUT2D eigenvalue weighted by Gasteiger charge is 2.15. The van der Waals surface area contributed by atoms with Crippen molar-refractivity contribution in [1.82, 2.24) is 10.2 Å². The third kappa shape index (κ3) is 4.55. The summed E-state index contributed by atoms with van der Waals surface area (Å²) in [5.74, 6) is 0.510. The topological polar surface area (TPSA) is 57.5 Å². The van der Waals surface area contributed by atoms with Crippen LogP contribution in [0.1, 0.15) is 15.9 Å². The number of rotatable bonds is 5. The average Bonchev–Trinajstić information content (AvgIpc) is 3.23. The van der Waals surface area contributed by atoms with Crippen molar-refractivity contribution in [3.63, 3.8) is 0 Å². The van der Waals surface area contributed by atoms with Crippen LogP contribution < -0.4 is 10.6 Å². The molecule has 1 saturated heterocycles. The predicted molar refractivity (Wildman–Crippen MR) is 129 cm³/mol. The zero-order valence-corrected chi connectivity index (χ0v) is 18.4. The maximum absolute atomic E-state index is 12.7. The lowest BCUT2D eigenvalue weighted by Crippen LogP contribution is -2.42. The summed E-state index contributed by atoms with van der Waals surface area (Å²) < 4.78 is 6.23. The second kappa shape index (κ2) is 9.17. The van der Waals surface area contributed by atoms with Crippen molar-refractivity contribution in [3.8, 4) is 11.3 Å². The normalized spacial score (nSPS) is 14.5. The van der Waals surface area contributed by atoms with Crippen molar-refractivity contribution in [1.29, 1.82) is 0 Å². The minimum absolute atomic E-state index is 0.214. The van der Waals surface area contributed by atoms with E-state index in [1.165, 1.54) is 5.56 Å². The molecule has 1 aromatic heterocycles. The zero-order chi connectivity index (χ0) is 21.9. The number of nitrogens with zero attached hydrogens (tertiary/aromatic N) is 1. The molecule has 0 spiro atoms. The van der Waals surface area contributed by atoms with Gasteiger partial charge in [0.05, 0.1) is 5.69 Å². The summed E-state index contributed by atoms with van der Waals surface area (Å²) in [4.78, 5) is 15.2. The average molecular weight is 446 g/mol. The van der Waals surface area contributed by atoms with Crippen LogP contribution in [0.2, 0.25) is 5.02 Å². The highest BCUT2D eigenvalue weighted by molar-refractivity contribution is 6.31. The number of benzene rings is 3. The maximum Gasteiger partial charge on any atom is 0.255 e. The first-order chi connectivity index (χ1) is 15.7. The van der Waals surface area contributed by atoms with E-state index in [2.05, 4.69) is 33.7 Å². The highest BCUT2D eigenvalue weighted by Crippen LogP contribution is 2.33. The molecule has 1 amide bonds. The first kappa shape index (κ1) is 20.8. The summed E-state index contributed by atoms with van der Waals surface area (Å²) in [6, 6.07) is 23.0. The Bertz CT molecular complexity index is 1260. The van der Waals surface area contributed by atoms with Gasteiger partial charge in [0.25, 0.3) is 5.91 Å². The number of hydrogen-bond acceptors (Lipinski definition) is 4. The number of fused-ring (bicyclic) bond motifs is 1. The van der Waals surface area contributed by atoms with Crippen molar-refractivity contribution >= 4 is 34.2 Å². The molecule has 6 heteroatoms. The van der Waals surface area contributed by atoms with Crippen LogP contribution in [0.15, 0.2) is 77.2 Å². The van der Waals surface area contributed by atoms with Crippen LogP contribution in [0.3, 0.4) is 0 Å². The van der Waals surface area contributed by atoms with Crippen molar-refractivity contribution in [2.24, 2.45) is 0 Å². The number of carbonyl (C=O) groups excluding carboxylic acids is 1. The Labute approximate surface area is 192 Å². The molecule has 3 aromatic carbocycles. The van der Waals surface area contributed by atoms with Gasteiger partial charge in [-0.25, -0.2) is 0 Å². The summed E-state index contributed by atoms with van der Waals surface area (Å²) in [6.07, 6.45) is 0. The first-order valence-electron chi connectivity index (χ1n) is 10.8. The fourth-order valence-corrected chi connectivity index (χ4v) is 4.26. The van der Waals surface area contributed by atoms with Gasteiger partial charge >= 0.3 is 0 Å². The van der Waals surface area contributed by atoms with Crippen LogP contribution in [-0.4, -0.2) is 37.0 Å². The summed E-state index contributed by atoms with van der Waals surface area (Å²) in [6.45, 7) is 5.10. The number of halogens is 1. The standard InChI is InChI=1S/C26H24ClN3O2/c27-21-5-3-4-20(15-21)26(31)29-23-7-2-1-6-22(23)25-16-19-9-8-18(14-24(19)32-25)17-30-12-10-28-11-13-30/h1-9,14-16,28H,10-13,17H2,(H,29,31). The largest absolute Gasteiger partial charge is 0.456 e. The van der Waals surface area contributed by atoms with E-state index >= 15 is 0 Å². The Hall–Kier alpha value is -3.12. The Kier molecular flexibility index (Phi) is 5.95. The Morgan fingerprint density at radius 2 is 1.84 bits per heavy atom. The quantitative estimate of drug-likeness (QED) is 0.431. The molecule has 0 aliphatic carbocycles. The molecule has 2 heterocycles. The molecule has 1 aliphatic heterocycles. The second-order valence-electron chi connectivity index (χ2n) is 8.02. The van der Waals surface area contributed by atoms with Gasteiger partial charge in [-0.2, -0.15) is 0 Å². The number of anilines is 1. The molecule has 1 aliphatic rings. The smallest absolute Gasteiger partial charge is 0.255 e. The van der Waals surface area contributed by atoms with Crippen LogP contribution in [-0.2, 0) is 6.54 Å². The SMILES string of the molecule is O=C(Nc1ccccc1-c1cc2ccc(CN3CCNCC3)cc2o1)c1cccc(Cl)c1. The fourth-order valence-electron chi connectivity index (χ4n) is 4.07. The van der Waals surface area contributed by atoms with Crippen LogP contribution in [0.25, 0.3) is 22.3 Å². The number of carbonyl (C=O) groups is 1. The van der Waals surface area contributed by atoms with Crippen molar-refractivity contribution in [2.75, 3.05) is 31.5 Å². The van der Waals surface area contributed by atoms with Gasteiger partial charge < -0.3 is 15.1 Å². The van der Waals surface area contributed by atoms with Gasteiger partial charge in [0.1, 0.15) is 11.3 Å². The van der Waals surface area contributed by atoms with E-state index in [9.17, 15) is 4.79 Å². The molecular formula is C26H24ClN3O2. The molecule has 162 valence electrons. The number of piperazine rings is 1. The zero-order valence-electron chi connectivity index (χ0n) is 17.6. The molecule has 1 fully saturated rings. The Morgan fingerprint density at radius 3 is 2.69 bits per heavy atom. The van der Waals surface area contributed by atoms with Crippen molar-refractivity contribution in [2.45, 2.75) is 6.54 Å². The molecule has 5 rings (SSSR count).